The molecule has 5 nitrogen and oxygen atoms in total. The monoisotopic (exact) mass is 314 g/mol. The Labute approximate surface area is 131 Å². The number of methoxy groups -OCH3 is 2. The maximum atomic E-state index is 12.1. The van der Waals surface area contributed by atoms with Gasteiger partial charge in [0.25, 0.3) is 5.91 Å². The molecule has 0 radical (unpaired) electrons. The van der Waals surface area contributed by atoms with E-state index in [-0.39, 0.29) is 18.3 Å². The van der Waals surface area contributed by atoms with Crippen molar-refractivity contribution >= 4 is 18.3 Å². The number of ether oxygens (including phenoxy) is 2. The van der Waals surface area contributed by atoms with Gasteiger partial charge >= 0.3 is 0 Å². The van der Waals surface area contributed by atoms with Crippen molar-refractivity contribution in [2.24, 2.45) is 0 Å². The van der Waals surface area contributed by atoms with Gasteiger partial charge in [-0.3, -0.25) is 4.79 Å². The SMILES string of the molecule is COc1ccc(C(=O)NCC[C@H]2CCCN2)cc1OC.Cl. The molecule has 1 atom stereocenters. The van der Waals surface area contributed by atoms with E-state index in [1.54, 1.807) is 32.4 Å². The van der Waals surface area contributed by atoms with Gasteiger partial charge in [0.15, 0.2) is 11.5 Å². The highest BCUT2D eigenvalue weighted by molar-refractivity contribution is 5.94. The molecule has 0 unspecified atom stereocenters. The first-order chi connectivity index (χ1) is 9.74. The Morgan fingerprint density at radius 2 is 2.10 bits per heavy atom. The van der Waals surface area contributed by atoms with Crippen LogP contribution in [0.4, 0.5) is 0 Å². The first kappa shape index (κ1) is 17.6. The zero-order chi connectivity index (χ0) is 14.4. The summed E-state index contributed by atoms with van der Waals surface area (Å²) in [5, 5.41) is 6.35. The number of amides is 1. The fourth-order valence-corrected chi connectivity index (χ4v) is 2.44. The van der Waals surface area contributed by atoms with Gasteiger partial charge < -0.3 is 20.1 Å². The van der Waals surface area contributed by atoms with Crippen LogP contribution in [0.25, 0.3) is 0 Å². The van der Waals surface area contributed by atoms with E-state index in [1.165, 1.54) is 12.8 Å². The van der Waals surface area contributed by atoms with Crippen LogP contribution in [0.3, 0.4) is 0 Å². The van der Waals surface area contributed by atoms with Gasteiger partial charge in [-0.25, -0.2) is 0 Å². The second-order valence-corrected chi connectivity index (χ2v) is 4.91. The van der Waals surface area contributed by atoms with Crippen molar-refractivity contribution in [2.45, 2.75) is 25.3 Å². The molecule has 1 heterocycles. The van der Waals surface area contributed by atoms with Gasteiger partial charge in [-0.05, 0) is 44.0 Å². The van der Waals surface area contributed by atoms with Crippen LogP contribution >= 0.6 is 12.4 Å². The molecule has 1 amide bonds. The van der Waals surface area contributed by atoms with Crippen LogP contribution in [-0.4, -0.2) is 39.3 Å². The first-order valence-electron chi connectivity index (χ1n) is 6.98. The van der Waals surface area contributed by atoms with Crippen molar-refractivity contribution in [3.63, 3.8) is 0 Å². The fraction of sp³-hybridized carbons (Fsp3) is 0.533. The maximum Gasteiger partial charge on any atom is 0.251 e. The van der Waals surface area contributed by atoms with Crippen molar-refractivity contribution in [3.05, 3.63) is 23.8 Å². The Morgan fingerprint density at radius 3 is 2.71 bits per heavy atom. The number of rotatable bonds is 6. The van der Waals surface area contributed by atoms with Crippen molar-refractivity contribution < 1.29 is 14.3 Å². The summed E-state index contributed by atoms with van der Waals surface area (Å²) in [6.45, 7) is 1.78. The summed E-state index contributed by atoms with van der Waals surface area (Å²) >= 11 is 0. The average Bonchev–Trinajstić information content (AvgIpc) is 2.99. The van der Waals surface area contributed by atoms with Gasteiger partial charge in [0.1, 0.15) is 0 Å². The number of hydrogen-bond acceptors (Lipinski definition) is 4. The van der Waals surface area contributed by atoms with Crippen molar-refractivity contribution in [3.8, 4) is 11.5 Å². The molecule has 1 aliphatic rings. The van der Waals surface area contributed by atoms with Gasteiger partial charge in [0, 0.05) is 18.2 Å². The second-order valence-electron chi connectivity index (χ2n) is 4.91. The number of nitrogens with one attached hydrogen (secondary N) is 2. The van der Waals surface area contributed by atoms with E-state index in [0.29, 0.717) is 29.6 Å². The fourth-order valence-electron chi connectivity index (χ4n) is 2.44. The number of hydrogen-bond donors (Lipinski definition) is 2. The van der Waals surface area contributed by atoms with Crippen LogP contribution in [-0.2, 0) is 0 Å². The normalized spacial score (nSPS) is 17.0. The van der Waals surface area contributed by atoms with Crippen LogP contribution in [0.1, 0.15) is 29.6 Å². The Morgan fingerprint density at radius 1 is 1.33 bits per heavy atom. The minimum atomic E-state index is -0.0797. The largest absolute Gasteiger partial charge is 0.493 e. The number of benzene rings is 1. The molecule has 1 fully saturated rings. The second kappa shape index (κ2) is 8.74. The Balaban J connectivity index is 0.00000220. The topological polar surface area (TPSA) is 59.6 Å². The lowest BCUT2D eigenvalue weighted by atomic mass is 10.1. The van der Waals surface area contributed by atoms with E-state index in [4.69, 9.17) is 9.47 Å². The summed E-state index contributed by atoms with van der Waals surface area (Å²) in [5.41, 5.74) is 0.585. The highest BCUT2D eigenvalue weighted by atomic mass is 35.5. The van der Waals surface area contributed by atoms with E-state index in [9.17, 15) is 4.79 Å². The Kier molecular flexibility index (Phi) is 7.32. The lowest BCUT2D eigenvalue weighted by Crippen LogP contribution is -2.30. The standard InChI is InChI=1S/C15H22N2O3.ClH/c1-19-13-6-5-11(10-14(13)20-2)15(18)17-9-7-12-4-3-8-16-12;/h5-6,10,12,16H,3-4,7-9H2,1-2H3,(H,17,18);1H/t12-;/m1./s1. The third-order valence-corrected chi connectivity index (χ3v) is 3.59. The zero-order valence-electron chi connectivity index (χ0n) is 12.5. The molecule has 6 heteroatoms. The molecule has 2 N–H and O–H groups in total. The number of carbonyl (C=O) groups excluding carboxylic acids is 1. The lowest BCUT2D eigenvalue weighted by molar-refractivity contribution is 0.0952. The van der Waals surface area contributed by atoms with Gasteiger partial charge in [-0.2, -0.15) is 0 Å². The van der Waals surface area contributed by atoms with Gasteiger partial charge in [0.05, 0.1) is 14.2 Å². The van der Waals surface area contributed by atoms with Crippen LogP contribution in [0, 0.1) is 0 Å². The molecule has 0 spiro atoms. The molecule has 1 aliphatic heterocycles. The molecule has 0 saturated carbocycles. The smallest absolute Gasteiger partial charge is 0.251 e. The summed E-state index contributed by atoms with van der Waals surface area (Å²) in [7, 11) is 3.14. The molecular weight excluding hydrogens is 292 g/mol. The highest BCUT2D eigenvalue weighted by Crippen LogP contribution is 2.27. The van der Waals surface area contributed by atoms with E-state index >= 15 is 0 Å². The van der Waals surface area contributed by atoms with Gasteiger partial charge in [0.2, 0.25) is 0 Å². The molecule has 21 heavy (non-hydrogen) atoms. The molecule has 1 aromatic carbocycles. The summed E-state index contributed by atoms with van der Waals surface area (Å²) in [6, 6.07) is 5.72. The summed E-state index contributed by atoms with van der Waals surface area (Å²) in [4.78, 5) is 12.1. The van der Waals surface area contributed by atoms with Crippen LogP contribution in [0.2, 0.25) is 0 Å². The summed E-state index contributed by atoms with van der Waals surface area (Å²) in [5.74, 6) is 1.11. The van der Waals surface area contributed by atoms with Crippen molar-refractivity contribution in [1.82, 2.24) is 10.6 Å². The van der Waals surface area contributed by atoms with Crippen molar-refractivity contribution in [2.75, 3.05) is 27.3 Å². The van der Waals surface area contributed by atoms with Crippen LogP contribution < -0.4 is 20.1 Å². The predicted octanol–water partition coefficient (Wildman–Crippen LogP) is 2.00. The molecule has 0 aliphatic carbocycles. The van der Waals surface area contributed by atoms with E-state index < -0.39 is 0 Å². The van der Waals surface area contributed by atoms with E-state index in [2.05, 4.69) is 10.6 Å². The molecule has 1 saturated heterocycles. The molecule has 0 bridgehead atoms. The van der Waals surface area contributed by atoms with Crippen LogP contribution in [0.15, 0.2) is 18.2 Å². The zero-order valence-corrected chi connectivity index (χ0v) is 13.3. The minimum absolute atomic E-state index is 0. The van der Waals surface area contributed by atoms with E-state index in [0.717, 1.165) is 13.0 Å². The Hall–Kier alpha value is -1.46. The number of halogens is 1. The van der Waals surface area contributed by atoms with Crippen LogP contribution in [0.5, 0.6) is 11.5 Å². The first-order valence-corrected chi connectivity index (χ1v) is 6.98. The summed E-state index contributed by atoms with van der Waals surface area (Å²) < 4.78 is 10.4. The van der Waals surface area contributed by atoms with Gasteiger partial charge in [-0.1, -0.05) is 0 Å². The quantitative estimate of drug-likeness (QED) is 0.843. The maximum absolute atomic E-state index is 12.1. The van der Waals surface area contributed by atoms with E-state index in [1.807, 2.05) is 0 Å². The third-order valence-electron chi connectivity index (χ3n) is 3.59. The molecule has 2 rings (SSSR count). The van der Waals surface area contributed by atoms with Crippen molar-refractivity contribution in [1.29, 1.82) is 0 Å². The predicted molar refractivity (Wildman–Crippen MR) is 84.8 cm³/mol. The Bertz CT molecular complexity index is 462. The molecular formula is C15H23ClN2O3. The minimum Gasteiger partial charge on any atom is -0.493 e. The molecule has 0 aromatic heterocycles. The highest BCUT2D eigenvalue weighted by Gasteiger charge is 2.14. The average molecular weight is 315 g/mol. The van der Waals surface area contributed by atoms with Gasteiger partial charge in [-0.15, -0.1) is 12.4 Å². The number of carbonyl (C=O) groups is 1. The molecule has 1 aromatic rings. The lowest BCUT2D eigenvalue weighted by Gasteiger charge is -2.12. The third kappa shape index (κ3) is 4.79. The summed E-state index contributed by atoms with van der Waals surface area (Å²) in [6.07, 6.45) is 3.40. The molecule has 118 valence electrons.